The lowest BCUT2D eigenvalue weighted by Crippen LogP contribution is -2.06. The summed E-state index contributed by atoms with van der Waals surface area (Å²) >= 11 is 6.00. The molecule has 10 nitrogen and oxygen atoms in total. The van der Waals surface area contributed by atoms with Gasteiger partial charge < -0.3 is 24.4 Å². The van der Waals surface area contributed by atoms with Crippen molar-refractivity contribution in [3.8, 4) is 28.4 Å². The SMILES string of the molecule is COc1c(C(=O)O)cc(-c2cnc3c(Cl)c(C(=O)O)nn3c2)c(OC)c1OC. The third-order valence-electron chi connectivity index (χ3n) is 3.96. The Hall–Kier alpha value is -3.53. The van der Waals surface area contributed by atoms with Crippen molar-refractivity contribution >= 4 is 29.2 Å². The fraction of sp³-hybridized carbons (Fsp3) is 0.176. The van der Waals surface area contributed by atoms with Crippen molar-refractivity contribution in [3.63, 3.8) is 0 Å². The summed E-state index contributed by atoms with van der Waals surface area (Å²) in [7, 11) is 4.06. The number of rotatable bonds is 6. The van der Waals surface area contributed by atoms with E-state index >= 15 is 0 Å². The van der Waals surface area contributed by atoms with Crippen molar-refractivity contribution in [1.29, 1.82) is 0 Å². The number of aromatic carboxylic acids is 2. The molecule has 11 heteroatoms. The van der Waals surface area contributed by atoms with Gasteiger partial charge >= 0.3 is 11.9 Å². The molecule has 0 fully saturated rings. The lowest BCUT2D eigenvalue weighted by Gasteiger charge is -2.18. The van der Waals surface area contributed by atoms with E-state index in [1.807, 2.05) is 0 Å². The molecule has 0 radical (unpaired) electrons. The Balaban J connectivity index is 2.32. The molecule has 0 saturated heterocycles. The fourth-order valence-electron chi connectivity index (χ4n) is 2.77. The molecule has 0 amide bonds. The number of aromatic nitrogens is 3. The van der Waals surface area contributed by atoms with Gasteiger partial charge in [0.1, 0.15) is 10.6 Å². The Morgan fingerprint density at radius 3 is 2.21 bits per heavy atom. The van der Waals surface area contributed by atoms with Gasteiger partial charge in [-0.1, -0.05) is 11.6 Å². The lowest BCUT2D eigenvalue weighted by atomic mass is 10.0. The van der Waals surface area contributed by atoms with E-state index in [1.54, 1.807) is 0 Å². The fourth-order valence-corrected chi connectivity index (χ4v) is 3.02. The van der Waals surface area contributed by atoms with Crippen LogP contribution >= 0.6 is 11.6 Å². The highest BCUT2D eigenvalue weighted by Gasteiger charge is 2.26. The molecular formula is C17H14ClN3O7. The topological polar surface area (TPSA) is 132 Å². The molecule has 0 unspecified atom stereocenters. The summed E-state index contributed by atoms with van der Waals surface area (Å²) in [6.07, 6.45) is 2.85. The number of carboxylic acids is 2. The first-order valence-electron chi connectivity index (χ1n) is 7.67. The quantitative estimate of drug-likeness (QED) is 0.632. The summed E-state index contributed by atoms with van der Waals surface area (Å²) in [5, 5.41) is 22.5. The van der Waals surface area contributed by atoms with Gasteiger partial charge in [0.05, 0.1) is 21.3 Å². The monoisotopic (exact) mass is 407 g/mol. The molecular weight excluding hydrogens is 394 g/mol. The predicted molar refractivity (Wildman–Crippen MR) is 97.0 cm³/mol. The number of benzene rings is 1. The number of hydrogen-bond donors (Lipinski definition) is 2. The van der Waals surface area contributed by atoms with Crippen molar-refractivity contribution in [2.45, 2.75) is 0 Å². The first-order valence-corrected chi connectivity index (χ1v) is 8.05. The van der Waals surface area contributed by atoms with Crippen LogP contribution in [-0.4, -0.2) is 58.1 Å². The zero-order valence-corrected chi connectivity index (χ0v) is 15.6. The Labute approximate surface area is 162 Å². The second kappa shape index (κ2) is 7.24. The smallest absolute Gasteiger partial charge is 0.358 e. The second-order valence-corrected chi connectivity index (χ2v) is 5.83. The van der Waals surface area contributed by atoms with Gasteiger partial charge in [-0.15, -0.1) is 0 Å². The van der Waals surface area contributed by atoms with Gasteiger partial charge in [0.2, 0.25) is 5.75 Å². The Bertz CT molecular complexity index is 1110. The molecule has 28 heavy (non-hydrogen) atoms. The summed E-state index contributed by atoms with van der Waals surface area (Å²) in [6, 6.07) is 1.34. The number of methoxy groups -OCH3 is 3. The third-order valence-corrected chi connectivity index (χ3v) is 4.31. The van der Waals surface area contributed by atoms with E-state index in [0.29, 0.717) is 11.1 Å². The largest absolute Gasteiger partial charge is 0.492 e. The lowest BCUT2D eigenvalue weighted by molar-refractivity contribution is 0.0680. The third kappa shape index (κ3) is 2.93. The molecule has 0 bridgehead atoms. The first-order chi connectivity index (χ1) is 13.3. The van der Waals surface area contributed by atoms with E-state index in [4.69, 9.17) is 30.9 Å². The summed E-state index contributed by atoms with van der Waals surface area (Å²) in [5.41, 5.74) is 0.358. The van der Waals surface area contributed by atoms with Crippen molar-refractivity contribution in [2.24, 2.45) is 0 Å². The van der Waals surface area contributed by atoms with Crippen molar-refractivity contribution in [2.75, 3.05) is 21.3 Å². The highest BCUT2D eigenvalue weighted by atomic mass is 35.5. The van der Waals surface area contributed by atoms with Crippen LogP contribution < -0.4 is 14.2 Å². The molecule has 0 aliphatic heterocycles. The van der Waals surface area contributed by atoms with E-state index in [0.717, 1.165) is 0 Å². The van der Waals surface area contributed by atoms with Gasteiger partial charge in [-0.05, 0) is 6.07 Å². The van der Waals surface area contributed by atoms with Crippen molar-refractivity contribution in [1.82, 2.24) is 14.6 Å². The van der Waals surface area contributed by atoms with Crippen molar-refractivity contribution in [3.05, 3.63) is 34.7 Å². The van der Waals surface area contributed by atoms with Gasteiger partial charge in [0, 0.05) is 23.5 Å². The van der Waals surface area contributed by atoms with Crippen LogP contribution in [0.3, 0.4) is 0 Å². The molecule has 146 valence electrons. The van der Waals surface area contributed by atoms with Crippen LogP contribution in [0.5, 0.6) is 17.2 Å². The average Bonchev–Trinajstić information content (AvgIpc) is 3.02. The predicted octanol–water partition coefficient (Wildman–Crippen LogP) is 2.47. The number of nitrogens with zero attached hydrogens (tertiary/aromatic N) is 3. The van der Waals surface area contributed by atoms with Gasteiger partial charge in [-0.3, -0.25) is 0 Å². The first kappa shape index (κ1) is 19.2. The molecule has 3 rings (SSSR count). The molecule has 0 atom stereocenters. The van der Waals surface area contributed by atoms with Crippen LogP contribution in [0.25, 0.3) is 16.8 Å². The zero-order valence-electron chi connectivity index (χ0n) is 14.9. The van der Waals surface area contributed by atoms with Gasteiger partial charge in [-0.25, -0.2) is 19.1 Å². The number of carbonyl (C=O) groups is 2. The Kier molecular flexibility index (Phi) is 4.97. The summed E-state index contributed by atoms with van der Waals surface area (Å²) < 4.78 is 17.1. The molecule has 0 aliphatic rings. The number of carboxylic acid groups (broad SMARTS) is 2. The zero-order chi connectivity index (χ0) is 20.6. The maximum absolute atomic E-state index is 11.7. The standard InChI is InChI=1S/C17H14ClN3O7/c1-26-12-8(4-9(16(22)23)13(27-2)14(12)28-3)7-5-19-15-10(18)11(17(24)25)20-21(15)6-7/h4-6H,1-3H3,(H,22,23)(H,24,25). The van der Waals surface area contributed by atoms with Gasteiger partial charge in [0.15, 0.2) is 22.8 Å². The van der Waals surface area contributed by atoms with Crippen LogP contribution in [0.1, 0.15) is 20.8 Å². The minimum Gasteiger partial charge on any atom is -0.492 e. The number of ether oxygens (including phenoxy) is 3. The van der Waals surface area contributed by atoms with Crippen LogP contribution in [-0.2, 0) is 0 Å². The Morgan fingerprint density at radius 1 is 1.04 bits per heavy atom. The van der Waals surface area contributed by atoms with Crippen LogP contribution in [0, 0.1) is 0 Å². The average molecular weight is 408 g/mol. The van der Waals surface area contributed by atoms with E-state index in [1.165, 1.54) is 44.3 Å². The molecule has 2 aromatic heterocycles. The van der Waals surface area contributed by atoms with Crippen LogP contribution in [0.4, 0.5) is 0 Å². The molecule has 0 spiro atoms. The number of fused-ring (bicyclic) bond motifs is 1. The maximum atomic E-state index is 11.7. The van der Waals surface area contributed by atoms with Crippen LogP contribution in [0.2, 0.25) is 5.02 Å². The normalized spacial score (nSPS) is 10.7. The second-order valence-electron chi connectivity index (χ2n) is 5.46. The van der Waals surface area contributed by atoms with Gasteiger partial charge in [0.25, 0.3) is 0 Å². The van der Waals surface area contributed by atoms with Crippen molar-refractivity contribution < 1.29 is 34.0 Å². The molecule has 0 saturated carbocycles. The minimum atomic E-state index is -1.30. The highest BCUT2D eigenvalue weighted by molar-refractivity contribution is 6.36. The highest BCUT2D eigenvalue weighted by Crippen LogP contribution is 2.46. The number of hydrogen-bond acceptors (Lipinski definition) is 7. The molecule has 3 aromatic rings. The maximum Gasteiger partial charge on any atom is 0.358 e. The summed E-state index contributed by atoms with van der Waals surface area (Å²) in [4.78, 5) is 27.0. The molecule has 2 heterocycles. The van der Waals surface area contributed by atoms with Crippen LogP contribution in [0.15, 0.2) is 18.5 Å². The summed E-state index contributed by atoms with van der Waals surface area (Å²) in [5.74, 6) is -2.23. The Morgan fingerprint density at radius 2 is 1.68 bits per heavy atom. The van der Waals surface area contributed by atoms with E-state index in [9.17, 15) is 14.7 Å². The number of halogens is 1. The van der Waals surface area contributed by atoms with E-state index < -0.39 is 11.9 Å². The van der Waals surface area contributed by atoms with E-state index in [2.05, 4.69) is 10.1 Å². The minimum absolute atomic E-state index is 0.0000608. The molecule has 2 N–H and O–H groups in total. The van der Waals surface area contributed by atoms with Gasteiger partial charge in [-0.2, -0.15) is 5.10 Å². The molecule has 0 aliphatic carbocycles. The van der Waals surface area contributed by atoms with E-state index in [-0.39, 0.29) is 39.2 Å². The molecule has 1 aromatic carbocycles. The summed E-state index contributed by atoms with van der Waals surface area (Å²) in [6.45, 7) is 0.